The van der Waals surface area contributed by atoms with E-state index in [1.54, 1.807) is 0 Å². The third kappa shape index (κ3) is 2.99. The molecule has 1 saturated carbocycles. The summed E-state index contributed by atoms with van der Waals surface area (Å²) in [5.41, 5.74) is 0.687. The van der Waals surface area contributed by atoms with Crippen LogP contribution in [0.15, 0.2) is 24.3 Å². The van der Waals surface area contributed by atoms with Crippen molar-refractivity contribution >= 4 is 11.6 Å². The van der Waals surface area contributed by atoms with E-state index in [0.717, 1.165) is 30.7 Å². The van der Waals surface area contributed by atoms with Gasteiger partial charge in [-0.15, -0.1) is 0 Å². The average Bonchev–Trinajstić information content (AvgIpc) is 2.21. The Morgan fingerprint density at radius 1 is 1.38 bits per heavy atom. The molecular formula is C14H19ClO. The smallest absolute Gasteiger partial charge is 0.0690 e. The fourth-order valence-corrected chi connectivity index (χ4v) is 2.90. The zero-order valence-corrected chi connectivity index (χ0v) is 10.5. The van der Waals surface area contributed by atoms with Crippen LogP contribution in [0.1, 0.15) is 38.2 Å². The van der Waals surface area contributed by atoms with Crippen molar-refractivity contribution in [2.24, 2.45) is 5.92 Å². The van der Waals surface area contributed by atoms with Crippen molar-refractivity contribution in [3.63, 3.8) is 0 Å². The number of hydrogen-bond donors (Lipinski definition) is 1. The Morgan fingerprint density at radius 3 is 2.69 bits per heavy atom. The van der Waals surface area contributed by atoms with Gasteiger partial charge < -0.3 is 5.11 Å². The maximum absolute atomic E-state index is 10.5. The Kier molecular flexibility index (Phi) is 3.56. The van der Waals surface area contributed by atoms with E-state index >= 15 is 0 Å². The lowest BCUT2D eigenvalue weighted by molar-refractivity contribution is -0.0123. The fourth-order valence-electron chi connectivity index (χ4n) is 2.78. The Balaban J connectivity index is 2.05. The number of aliphatic hydroxyl groups is 1. The average molecular weight is 239 g/mol. The molecule has 1 aromatic rings. The molecule has 16 heavy (non-hydrogen) atoms. The van der Waals surface area contributed by atoms with Crippen molar-refractivity contribution in [3.05, 3.63) is 34.9 Å². The van der Waals surface area contributed by atoms with Gasteiger partial charge in [0.15, 0.2) is 0 Å². The summed E-state index contributed by atoms with van der Waals surface area (Å²) in [6, 6.07) is 7.82. The molecule has 1 nitrogen and oxygen atoms in total. The van der Waals surface area contributed by atoms with Crippen LogP contribution in [0, 0.1) is 5.92 Å². The Morgan fingerprint density at radius 2 is 2.06 bits per heavy atom. The predicted molar refractivity (Wildman–Crippen MR) is 67.7 cm³/mol. The minimum atomic E-state index is -0.495. The summed E-state index contributed by atoms with van der Waals surface area (Å²) in [6.45, 7) is 2.23. The van der Waals surface area contributed by atoms with Crippen molar-refractivity contribution in [1.29, 1.82) is 0 Å². The van der Waals surface area contributed by atoms with Crippen LogP contribution < -0.4 is 0 Å². The highest BCUT2D eigenvalue weighted by molar-refractivity contribution is 6.30. The van der Waals surface area contributed by atoms with Crippen LogP contribution in [0.5, 0.6) is 0 Å². The topological polar surface area (TPSA) is 20.2 Å². The lowest BCUT2D eigenvalue weighted by Gasteiger charge is -2.35. The molecule has 2 atom stereocenters. The first-order chi connectivity index (χ1) is 7.57. The normalized spacial score (nSPS) is 30.3. The third-order valence-corrected chi connectivity index (χ3v) is 3.77. The van der Waals surface area contributed by atoms with E-state index in [1.165, 1.54) is 12.0 Å². The van der Waals surface area contributed by atoms with Crippen LogP contribution in [0.4, 0.5) is 0 Å². The highest BCUT2D eigenvalue weighted by Gasteiger charge is 2.32. The molecule has 1 aliphatic rings. The third-order valence-electron chi connectivity index (χ3n) is 3.51. The minimum Gasteiger partial charge on any atom is -0.390 e. The summed E-state index contributed by atoms with van der Waals surface area (Å²) < 4.78 is 0. The maximum Gasteiger partial charge on any atom is 0.0690 e. The molecule has 0 aliphatic heterocycles. The summed E-state index contributed by atoms with van der Waals surface area (Å²) in [4.78, 5) is 0. The minimum absolute atomic E-state index is 0.495. The second-order valence-corrected chi connectivity index (χ2v) is 5.67. The molecule has 2 unspecified atom stereocenters. The summed E-state index contributed by atoms with van der Waals surface area (Å²) in [5, 5.41) is 11.3. The van der Waals surface area contributed by atoms with Crippen molar-refractivity contribution in [3.8, 4) is 0 Å². The van der Waals surface area contributed by atoms with Crippen molar-refractivity contribution in [1.82, 2.24) is 0 Å². The molecule has 0 amide bonds. The van der Waals surface area contributed by atoms with Gasteiger partial charge in [-0.2, -0.15) is 0 Å². The summed E-state index contributed by atoms with van der Waals surface area (Å²) >= 11 is 5.85. The molecule has 1 N–H and O–H groups in total. The molecule has 2 heteroatoms. The summed E-state index contributed by atoms with van der Waals surface area (Å²) in [7, 11) is 0. The van der Waals surface area contributed by atoms with Gasteiger partial charge in [-0.3, -0.25) is 0 Å². The molecule has 1 aromatic carbocycles. The standard InChI is InChI=1S/C14H19ClO/c1-11-3-2-8-14(16,9-11)10-12-4-6-13(15)7-5-12/h4-7,11,16H,2-3,8-10H2,1H3. The molecule has 0 bridgehead atoms. The number of benzene rings is 1. The van der Waals surface area contributed by atoms with E-state index in [4.69, 9.17) is 11.6 Å². The van der Waals surface area contributed by atoms with E-state index in [9.17, 15) is 5.11 Å². The summed E-state index contributed by atoms with van der Waals surface area (Å²) in [5.74, 6) is 0.644. The maximum atomic E-state index is 10.5. The van der Waals surface area contributed by atoms with Gasteiger partial charge in [-0.1, -0.05) is 43.5 Å². The quantitative estimate of drug-likeness (QED) is 0.831. The number of rotatable bonds is 2. The van der Waals surface area contributed by atoms with Gasteiger partial charge in [-0.05, 0) is 36.5 Å². The second-order valence-electron chi connectivity index (χ2n) is 5.23. The Bertz CT molecular complexity index is 346. The van der Waals surface area contributed by atoms with E-state index in [0.29, 0.717) is 5.92 Å². The second kappa shape index (κ2) is 4.77. The first kappa shape index (κ1) is 11.9. The lowest BCUT2D eigenvalue weighted by atomic mass is 9.76. The van der Waals surface area contributed by atoms with Crippen LogP contribution in [0.2, 0.25) is 5.02 Å². The highest BCUT2D eigenvalue weighted by atomic mass is 35.5. The molecular weight excluding hydrogens is 220 g/mol. The van der Waals surface area contributed by atoms with Crippen molar-refractivity contribution in [2.45, 2.75) is 44.6 Å². The molecule has 1 aliphatic carbocycles. The predicted octanol–water partition coefficient (Wildman–Crippen LogP) is 3.82. The molecule has 0 heterocycles. The van der Waals surface area contributed by atoms with Crippen LogP contribution in [0.25, 0.3) is 0 Å². The molecule has 0 radical (unpaired) electrons. The van der Waals surface area contributed by atoms with Gasteiger partial charge in [0.25, 0.3) is 0 Å². The van der Waals surface area contributed by atoms with E-state index in [-0.39, 0.29) is 0 Å². The van der Waals surface area contributed by atoms with E-state index in [2.05, 4.69) is 6.92 Å². The number of halogens is 1. The number of hydrogen-bond acceptors (Lipinski definition) is 1. The molecule has 1 fully saturated rings. The van der Waals surface area contributed by atoms with Gasteiger partial charge in [0.05, 0.1) is 5.60 Å². The van der Waals surface area contributed by atoms with Crippen LogP contribution in [-0.4, -0.2) is 10.7 Å². The zero-order chi connectivity index (χ0) is 11.6. The van der Waals surface area contributed by atoms with Gasteiger partial charge in [-0.25, -0.2) is 0 Å². The first-order valence-electron chi connectivity index (χ1n) is 6.04. The molecule has 2 rings (SSSR count). The van der Waals surface area contributed by atoms with Crippen LogP contribution in [-0.2, 0) is 6.42 Å². The largest absolute Gasteiger partial charge is 0.390 e. The summed E-state index contributed by atoms with van der Waals surface area (Å²) in [6.07, 6.45) is 5.01. The van der Waals surface area contributed by atoms with E-state index < -0.39 is 5.60 Å². The van der Waals surface area contributed by atoms with Crippen LogP contribution in [0.3, 0.4) is 0 Å². The van der Waals surface area contributed by atoms with E-state index in [1.807, 2.05) is 24.3 Å². The molecule has 88 valence electrons. The zero-order valence-electron chi connectivity index (χ0n) is 9.75. The van der Waals surface area contributed by atoms with Crippen molar-refractivity contribution < 1.29 is 5.11 Å². The lowest BCUT2D eigenvalue weighted by Crippen LogP contribution is -2.36. The molecule has 0 spiro atoms. The fraction of sp³-hybridized carbons (Fsp3) is 0.571. The SMILES string of the molecule is CC1CCCC(O)(Cc2ccc(Cl)cc2)C1. The Labute approximate surface area is 102 Å². The van der Waals surface area contributed by atoms with Gasteiger partial charge >= 0.3 is 0 Å². The van der Waals surface area contributed by atoms with Crippen molar-refractivity contribution in [2.75, 3.05) is 0 Å². The Hall–Kier alpha value is -0.530. The van der Waals surface area contributed by atoms with Gasteiger partial charge in [0, 0.05) is 11.4 Å². The van der Waals surface area contributed by atoms with Gasteiger partial charge in [0.1, 0.15) is 0 Å². The molecule has 0 aromatic heterocycles. The monoisotopic (exact) mass is 238 g/mol. The first-order valence-corrected chi connectivity index (χ1v) is 6.42. The van der Waals surface area contributed by atoms with Gasteiger partial charge in [0.2, 0.25) is 0 Å². The van der Waals surface area contributed by atoms with Crippen LogP contribution >= 0.6 is 11.6 Å². The highest BCUT2D eigenvalue weighted by Crippen LogP contribution is 2.34. The molecule has 0 saturated heterocycles.